The lowest BCUT2D eigenvalue weighted by atomic mass is 10.5. The third-order valence-electron chi connectivity index (χ3n) is 1.14. The molecule has 4 nitrogen and oxygen atoms in total. The van der Waals surface area contributed by atoms with Crippen LogP contribution in [0.4, 0.5) is 5.82 Å². The largest absolute Gasteiger partial charge is 0.376 e. The minimum absolute atomic E-state index is 0.133. The summed E-state index contributed by atoms with van der Waals surface area (Å²) in [6.45, 7) is 0. The van der Waals surface area contributed by atoms with Gasteiger partial charge in [0, 0.05) is 6.20 Å². The smallest absolute Gasteiger partial charge is 0.178 e. The van der Waals surface area contributed by atoms with E-state index in [1.54, 1.807) is 12.3 Å². The van der Waals surface area contributed by atoms with Crippen LogP contribution in [-0.2, 0) is 0 Å². The average molecular weight is 212 g/mol. The first-order valence-electron chi connectivity index (χ1n) is 3.47. The Morgan fingerprint density at radius 1 is 1.38 bits per heavy atom. The molecule has 0 spiro atoms. The SMILES string of the molecule is NC(=S)NC(=S)Nc1ccccn1. The number of nitrogens with one attached hydrogen (secondary N) is 2. The zero-order chi connectivity index (χ0) is 9.68. The predicted octanol–water partition coefficient (Wildman–Crippen LogP) is 0.612. The lowest BCUT2D eigenvalue weighted by Gasteiger charge is -2.06. The predicted molar refractivity (Wildman–Crippen MR) is 60.4 cm³/mol. The summed E-state index contributed by atoms with van der Waals surface area (Å²) < 4.78 is 0. The van der Waals surface area contributed by atoms with Crippen molar-refractivity contribution < 1.29 is 0 Å². The summed E-state index contributed by atoms with van der Waals surface area (Å²) in [5, 5.41) is 5.87. The van der Waals surface area contributed by atoms with Crippen LogP contribution in [0, 0.1) is 0 Å². The molecule has 4 N–H and O–H groups in total. The summed E-state index contributed by atoms with van der Waals surface area (Å²) in [7, 11) is 0. The van der Waals surface area contributed by atoms with E-state index in [-0.39, 0.29) is 5.11 Å². The molecule has 0 aliphatic rings. The number of hydrogen-bond acceptors (Lipinski definition) is 3. The molecule has 1 aromatic rings. The normalized spacial score (nSPS) is 8.92. The van der Waals surface area contributed by atoms with Crippen molar-refractivity contribution in [1.82, 2.24) is 10.3 Å². The number of nitrogens with zero attached hydrogens (tertiary/aromatic N) is 1. The van der Waals surface area contributed by atoms with E-state index in [1.165, 1.54) is 0 Å². The molecule has 0 amide bonds. The van der Waals surface area contributed by atoms with Gasteiger partial charge in [0.05, 0.1) is 0 Å². The summed E-state index contributed by atoms with van der Waals surface area (Å²) in [5.74, 6) is 0.649. The highest BCUT2D eigenvalue weighted by molar-refractivity contribution is 7.82. The standard InChI is InChI=1S/C7H8N4S2/c8-6(12)11-7(13)10-5-3-1-2-4-9-5/h1-4H,(H4,8,9,10,11,12,13). The van der Waals surface area contributed by atoms with Gasteiger partial charge >= 0.3 is 0 Å². The highest BCUT2D eigenvalue weighted by Crippen LogP contribution is 1.98. The fraction of sp³-hybridized carbons (Fsp3) is 0. The summed E-state index contributed by atoms with van der Waals surface area (Å²) in [4.78, 5) is 4.00. The van der Waals surface area contributed by atoms with Gasteiger partial charge in [0.1, 0.15) is 5.82 Å². The van der Waals surface area contributed by atoms with Gasteiger partial charge in [-0.2, -0.15) is 0 Å². The molecule has 1 aromatic heterocycles. The molecular formula is C7H8N4S2. The number of aromatic nitrogens is 1. The minimum atomic E-state index is 0.133. The van der Waals surface area contributed by atoms with Crippen molar-refractivity contribution in [2.45, 2.75) is 0 Å². The van der Waals surface area contributed by atoms with Crippen LogP contribution in [0.1, 0.15) is 0 Å². The third-order valence-corrected chi connectivity index (χ3v) is 1.45. The summed E-state index contributed by atoms with van der Waals surface area (Å²) in [6.07, 6.45) is 1.66. The van der Waals surface area contributed by atoms with Gasteiger partial charge in [-0.3, -0.25) is 0 Å². The van der Waals surface area contributed by atoms with E-state index < -0.39 is 0 Å². The van der Waals surface area contributed by atoms with E-state index in [4.69, 9.17) is 18.0 Å². The Balaban J connectivity index is 2.50. The van der Waals surface area contributed by atoms with E-state index in [2.05, 4.69) is 27.8 Å². The first-order chi connectivity index (χ1) is 6.18. The van der Waals surface area contributed by atoms with Gasteiger partial charge in [-0.15, -0.1) is 0 Å². The zero-order valence-corrected chi connectivity index (χ0v) is 8.28. The molecule has 0 aromatic carbocycles. The lowest BCUT2D eigenvalue weighted by molar-refractivity contribution is 1.30. The second-order valence-electron chi connectivity index (χ2n) is 2.16. The van der Waals surface area contributed by atoms with Crippen LogP contribution in [0.5, 0.6) is 0 Å². The van der Waals surface area contributed by atoms with Crippen molar-refractivity contribution in [2.24, 2.45) is 5.73 Å². The van der Waals surface area contributed by atoms with Gasteiger partial charge in [0.15, 0.2) is 10.2 Å². The van der Waals surface area contributed by atoms with Crippen molar-refractivity contribution in [3.63, 3.8) is 0 Å². The van der Waals surface area contributed by atoms with Crippen molar-refractivity contribution in [2.75, 3.05) is 5.32 Å². The summed E-state index contributed by atoms with van der Waals surface area (Å²) in [6, 6.07) is 5.45. The van der Waals surface area contributed by atoms with Gasteiger partial charge in [-0.25, -0.2) is 4.98 Å². The molecule has 68 valence electrons. The maximum atomic E-state index is 5.22. The minimum Gasteiger partial charge on any atom is -0.376 e. The van der Waals surface area contributed by atoms with Gasteiger partial charge < -0.3 is 16.4 Å². The third kappa shape index (κ3) is 3.77. The molecular weight excluding hydrogens is 204 g/mol. The van der Waals surface area contributed by atoms with Crippen LogP contribution in [-0.4, -0.2) is 15.2 Å². The summed E-state index contributed by atoms with van der Waals surface area (Å²) in [5.41, 5.74) is 5.22. The number of hydrogen-bond donors (Lipinski definition) is 3. The second-order valence-corrected chi connectivity index (χ2v) is 3.01. The number of anilines is 1. The molecule has 0 unspecified atom stereocenters. The second kappa shape index (κ2) is 4.68. The molecule has 1 heterocycles. The lowest BCUT2D eigenvalue weighted by Crippen LogP contribution is -2.37. The maximum Gasteiger partial charge on any atom is 0.178 e. The Labute approximate surface area is 86.5 Å². The van der Waals surface area contributed by atoms with Crippen LogP contribution >= 0.6 is 24.4 Å². The van der Waals surface area contributed by atoms with Crippen molar-refractivity contribution in [1.29, 1.82) is 0 Å². The van der Waals surface area contributed by atoms with Crippen LogP contribution in [0.2, 0.25) is 0 Å². The van der Waals surface area contributed by atoms with E-state index in [0.717, 1.165) is 0 Å². The number of thiocarbonyl (C=S) groups is 2. The average Bonchev–Trinajstić information content (AvgIpc) is 2.04. The number of pyridine rings is 1. The van der Waals surface area contributed by atoms with Crippen LogP contribution < -0.4 is 16.4 Å². The zero-order valence-electron chi connectivity index (χ0n) is 6.65. The fourth-order valence-electron chi connectivity index (χ4n) is 0.696. The topological polar surface area (TPSA) is 63.0 Å². The molecule has 0 aliphatic heterocycles. The highest BCUT2D eigenvalue weighted by atomic mass is 32.1. The first-order valence-corrected chi connectivity index (χ1v) is 4.28. The van der Waals surface area contributed by atoms with Crippen LogP contribution in [0.25, 0.3) is 0 Å². The molecule has 13 heavy (non-hydrogen) atoms. The molecule has 0 fully saturated rings. The van der Waals surface area contributed by atoms with Crippen molar-refractivity contribution in [3.05, 3.63) is 24.4 Å². The van der Waals surface area contributed by atoms with Crippen LogP contribution in [0.15, 0.2) is 24.4 Å². The quantitative estimate of drug-likeness (QED) is 0.593. The maximum absolute atomic E-state index is 5.22. The fourth-order valence-corrected chi connectivity index (χ4v) is 1.08. The van der Waals surface area contributed by atoms with E-state index >= 15 is 0 Å². The van der Waals surface area contributed by atoms with Gasteiger partial charge in [-0.1, -0.05) is 6.07 Å². The Morgan fingerprint density at radius 3 is 2.69 bits per heavy atom. The molecule has 0 atom stereocenters. The molecule has 0 radical (unpaired) electrons. The Hall–Kier alpha value is -1.27. The number of nitrogens with two attached hydrogens (primary N) is 1. The van der Waals surface area contributed by atoms with Gasteiger partial charge in [0.2, 0.25) is 0 Å². The van der Waals surface area contributed by atoms with Crippen LogP contribution in [0.3, 0.4) is 0 Å². The molecule has 6 heteroatoms. The van der Waals surface area contributed by atoms with E-state index in [0.29, 0.717) is 10.9 Å². The van der Waals surface area contributed by atoms with Gasteiger partial charge in [0.25, 0.3) is 0 Å². The number of rotatable bonds is 1. The van der Waals surface area contributed by atoms with Crippen molar-refractivity contribution >= 4 is 40.5 Å². The Kier molecular flexibility index (Phi) is 3.53. The first kappa shape index (κ1) is 9.82. The van der Waals surface area contributed by atoms with Gasteiger partial charge in [-0.05, 0) is 36.6 Å². The monoisotopic (exact) mass is 212 g/mol. The highest BCUT2D eigenvalue weighted by Gasteiger charge is 1.97. The summed E-state index contributed by atoms with van der Waals surface area (Å²) >= 11 is 9.49. The molecule has 0 aliphatic carbocycles. The molecule has 0 saturated heterocycles. The molecule has 0 saturated carbocycles. The van der Waals surface area contributed by atoms with Crippen molar-refractivity contribution in [3.8, 4) is 0 Å². The molecule has 1 rings (SSSR count). The molecule has 0 bridgehead atoms. The Bertz CT molecular complexity index is 312. The Morgan fingerprint density at radius 2 is 2.15 bits per heavy atom. The van der Waals surface area contributed by atoms with E-state index in [9.17, 15) is 0 Å². The van der Waals surface area contributed by atoms with E-state index in [1.807, 2.05) is 12.1 Å².